The van der Waals surface area contributed by atoms with Crippen LogP contribution in [0.1, 0.15) is 26.7 Å². The van der Waals surface area contributed by atoms with Gasteiger partial charge in [0.05, 0.1) is 7.11 Å². The molecule has 4 aromatic carbocycles. The van der Waals surface area contributed by atoms with E-state index in [-0.39, 0.29) is 11.8 Å². The highest BCUT2D eigenvalue weighted by atomic mass is 32.2. The van der Waals surface area contributed by atoms with Gasteiger partial charge in [0.2, 0.25) is 5.91 Å². The van der Waals surface area contributed by atoms with Crippen molar-refractivity contribution < 1.29 is 14.3 Å². The molecule has 0 bridgehead atoms. The molecule has 176 valence electrons. The molecule has 0 aliphatic heterocycles. The van der Waals surface area contributed by atoms with Gasteiger partial charge in [-0.3, -0.25) is 9.59 Å². The summed E-state index contributed by atoms with van der Waals surface area (Å²) in [5, 5.41) is 5.46. The minimum Gasteiger partial charge on any atom is -0.497 e. The number of anilines is 2. The summed E-state index contributed by atoms with van der Waals surface area (Å²) in [6.07, 6.45) is 0. The summed E-state index contributed by atoms with van der Waals surface area (Å²) in [5.41, 5.74) is 3.83. The summed E-state index contributed by atoms with van der Waals surface area (Å²) in [7, 11) is 1.59. The predicted octanol–water partition coefficient (Wildman–Crippen LogP) is 6.73. The molecule has 1 atom stereocenters. The third-order valence-electron chi connectivity index (χ3n) is 5.30. The van der Waals surface area contributed by atoms with Gasteiger partial charge in [-0.25, -0.2) is 0 Å². The summed E-state index contributed by atoms with van der Waals surface area (Å²) in [5.74, 6) is 0.346. The fourth-order valence-electron chi connectivity index (χ4n) is 3.58. The van der Waals surface area contributed by atoms with Gasteiger partial charge in [0.25, 0.3) is 5.91 Å². The van der Waals surface area contributed by atoms with Crippen molar-refractivity contribution in [2.24, 2.45) is 0 Å². The molecule has 4 rings (SSSR count). The Balaban J connectivity index is 1.54. The molecule has 0 saturated heterocycles. The number of nitrogens with one attached hydrogen (secondary N) is 2. The lowest BCUT2D eigenvalue weighted by Gasteiger charge is -2.18. The average Bonchev–Trinajstić information content (AvgIpc) is 2.88. The van der Waals surface area contributed by atoms with Crippen LogP contribution in [0, 0.1) is 6.92 Å². The van der Waals surface area contributed by atoms with Crippen molar-refractivity contribution in [2.75, 3.05) is 17.7 Å². The molecule has 0 aromatic heterocycles. The molecule has 0 aliphatic carbocycles. The Hall–Kier alpha value is -4.03. The van der Waals surface area contributed by atoms with E-state index >= 15 is 0 Å². The number of hydrogen-bond donors (Lipinski definition) is 2. The normalized spacial score (nSPS) is 11.4. The van der Waals surface area contributed by atoms with Gasteiger partial charge in [0, 0.05) is 27.9 Å². The Morgan fingerprint density at radius 1 is 0.771 bits per heavy atom. The van der Waals surface area contributed by atoms with Crippen LogP contribution in [0.5, 0.6) is 5.75 Å². The number of benzene rings is 4. The maximum absolute atomic E-state index is 13.4. The van der Waals surface area contributed by atoms with Gasteiger partial charge in [-0.05, 0) is 55.0 Å². The van der Waals surface area contributed by atoms with Gasteiger partial charge in [0.15, 0.2) is 0 Å². The first-order valence-corrected chi connectivity index (χ1v) is 12.0. The first-order valence-electron chi connectivity index (χ1n) is 11.2. The molecule has 1 unspecified atom stereocenters. The number of ether oxygens (including phenoxy) is 1. The van der Waals surface area contributed by atoms with Crippen molar-refractivity contribution >= 4 is 35.0 Å². The van der Waals surface area contributed by atoms with Gasteiger partial charge < -0.3 is 15.4 Å². The molecule has 0 aliphatic rings. The monoisotopic (exact) mass is 482 g/mol. The van der Waals surface area contributed by atoms with Gasteiger partial charge in [-0.15, -0.1) is 11.8 Å². The van der Waals surface area contributed by atoms with E-state index in [2.05, 4.69) is 10.6 Å². The van der Waals surface area contributed by atoms with Crippen LogP contribution in [-0.4, -0.2) is 18.9 Å². The van der Waals surface area contributed by atoms with Crippen LogP contribution in [0.4, 0.5) is 11.4 Å². The number of rotatable bonds is 8. The highest BCUT2D eigenvalue weighted by Gasteiger charge is 2.22. The standard InChI is InChI=1S/C29H26N2O3S/c1-20-9-6-12-22(17-20)28(32)30-24-14-8-16-26(19-24)35-27(21-10-4-3-5-11-21)29(33)31-23-13-7-15-25(18-23)34-2/h3-19,27H,1-2H3,(H,30,32)(H,31,33). The molecule has 0 spiro atoms. The van der Waals surface area contributed by atoms with Crippen LogP contribution < -0.4 is 15.4 Å². The van der Waals surface area contributed by atoms with E-state index in [9.17, 15) is 9.59 Å². The van der Waals surface area contributed by atoms with Gasteiger partial charge in [0.1, 0.15) is 11.0 Å². The third kappa shape index (κ3) is 6.52. The van der Waals surface area contributed by atoms with Crippen molar-refractivity contribution in [3.05, 3.63) is 120 Å². The summed E-state index contributed by atoms with van der Waals surface area (Å²) in [4.78, 5) is 26.9. The Kier molecular flexibility index (Phi) is 7.85. The maximum Gasteiger partial charge on any atom is 0.255 e. The minimum absolute atomic E-state index is 0.149. The van der Waals surface area contributed by atoms with E-state index < -0.39 is 5.25 Å². The van der Waals surface area contributed by atoms with Gasteiger partial charge >= 0.3 is 0 Å². The first kappa shape index (κ1) is 24.1. The third-order valence-corrected chi connectivity index (χ3v) is 6.55. The van der Waals surface area contributed by atoms with Crippen LogP contribution >= 0.6 is 11.8 Å². The molecular formula is C29H26N2O3S. The Bertz CT molecular complexity index is 1320. The highest BCUT2D eigenvalue weighted by molar-refractivity contribution is 8.00. The Morgan fingerprint density at radius 3 is 2.23 bits per heavy atom. The molecule has 35 heavy (non-hydrogen) atoms. The number of carbonyl (C=O) groups excluding carboxylic acids is 2. The fraction of sp³-hybridized carbons (Fsp3) is 0.103. The van der Waals surface area contributed by atoms with E-state index in [1.807, 2.05) is 97.9 Å². The quantitative estimate of drug-likeness (QED) is 0.273. The average molecular weight is 483 g/mol. The fourth-order valence-corrected chi connectivity index (χ4v) is 4.67. The first-order chi connectivity index (χ1) is 17.0. The molecule has 2 N–H and O–H groups in total. The minimum atomic E-state index is -0.495. The maximum atomic E-state index is 13.4. The zero-order chi connectivity index (χ0) is 24.6. The van der Waals surface area contributed by atoms with Crippen molar-refractivity contribution in [3.8, 4) is 5.75 Å². The zero-order valence-corrected chi connectivity index (χ0v) is 20.3. The smallest absolute Gasteiger partial charge is 0.255 e. The van der Waals surface area contributed by atoms with E-state index in [0.717, 1.165) is 16.0 Å². The Morgan fingerprint density at radius 2 is 1.49 bits per heavy atom. The number of carbonyl (C=O) groups is 2. The number of aryl methyl sites for hydroxylation is 1. The topological polar surface area (TPSA) is 67.4 Å². The van der Waals surface area contributed by atoms with Crippen LogP contribution in [0.15, 0.2) is 108 Å². The van der Waals surface area contributed by atoms with Crippen molar-refractivity contribution in [3.63, 3.8) is 0 Å². The molecule has 0 heterocycles. The van der Waals surface area contributed by atoms with Crippen molar-refractivity contribution in [1.29, 1.82) is 0 Å². The molecule has 2 amide bonds. The van der Waals surface area contributed by atoms with E-state index in [0.29, 0.717) is 22.7 Å². The van der Waals surface area contributed by atoms with Gasteiger partial charge in [-0.2, -0.15) is 0 Å². The molecule has 4 aromatic rings. The SMILES string of the molecule is COc1cccc(NC(=O)C(Sc2cccc(NC(=O)c3cccc(C)c3)c2)c2ccccc2)c1. The largest absolute Gasteiger partial charge is 0.497 e. The summed E-state index contributed by atoms with van der Waals surface area (Å²) in [6.45, 7) is 1.95. The number of thioether (sulfide) groups is 1. The molecular weight excluding hydrogens is 456 g/mol. The van der Waals surface area contributed by atoms with E-state index in [1.165, 1.54) is 11.8 Å². The van der Waals surface area contributed by atoms with Crippen molar-refractivity contribution in [1.82, 2.24) is 0 Å². The predicted molar refractivity (Wildman–Crippen MR) is 142 cm³/mol. The van der Waals surface area contributed by atoms with Crippen LogP contribution in [-0.2, 0) is 4.79 Å². The number of hydrogen-bond acceptors (Lipinski definition) is 4. The molecule has 6 heteroatoms. The second-order valence-electron chi connectivity index (χ2n) is 7.98. The number of amides is 2. The molecule has 0 radical (unpaired) electrons. The van der Waals surface area contributed by atoms with Crippen LogP contribution in [0.2, 0.25) is 0 Å². The Labute approximate surface area is 209 Å². The molecule has 0 fully saturated rings. The van der Waals surface area contributed by atoms with Gasteiger partial charge in [-0.1, -0.05) is 60.2 Å². The second kappa shape index (κ2) is 11.4. The van der Waals surface area contributed by atoms with E-state index in [4.69, 9.17) is 4.74 Å². The van der Waals surface area contributed by atoms with E-state index in [1.54, 1.807) is 19.2 Å². The lowest BCUT2D eigenvalue weighted by Crippen LogP contribution is -2.19. The van der Waals surface area contributed by atoms with Crippen LogP contribution in [0.25, 0.3) is 0 Å². The summed E-state index contributed by atoms with van der Waals surface area (Å²) in [6, 6.07) is 31.9. The summed E-state index contributed by atoms with van der Waals surface area (Å²) >= 11 is 1.42. The number of methoxy groups -OCH3 is 1. The summed E-state index contributed by atoms with van der Waals surface area (Å²) < 4.78 is 5.27. The zero-order valence-electron chi connectivity index (χ0n) is 19.5. The van der Waals surface area contributed by atoms with Crippen molar-refractivity contribution in [2.45, 2.75) is 17.1 Å². The lowest BCUT2D eigenvalue weighted by molar-refractivity contribution is -0.115. The highest BCUT2D eigenvalue weighted by Crippen LogP contribution is 2.37. The van der Waals surface area contributed by atoms with Crippen LogP contribution in [0.3, 0.4) is 0 Å². The molecule has 0 saturated carbocycles. The lowest BCUT2D eigenvalue weighted by atomic mass is 10.1. The molecule has 5 nitrogen and oxygen atoms in total. The second-order valence-corrected chi connectivity index (χ2v) is 9.16.